The number of hydrogen-bond acceptors (Lipinski definition) is 11. The number of allylic oxidation sites excluding steroid dienone is 1. The predicted octanol–water partition coefficient (Wildman–Crippen LogP) is 7.38. The SMILES string of the molecule is C=CCCOC(=O)N(CCOCCO)[C@H]1CC(=NOC)C2=C[C@H](CCCCO)[C@@H](CCCCO)[C@@H]3c4cc(Oc5ccc(C)c(C)c5)ccc4O[C@@]1(OCC=C)[C@H]23. The van der Waals surface area contributed by atoms with Gasteiger partial charge < -0.3 is 43.8 Å². The lowest BCUT2D eigenvalue weighted by Crippen LogP contribution is -2.70. The Balaban J connectivity index is 1.74. The van der Waals surface area contributed by atoms with Crippen molar-refractivity contribution in [2.45, 2.75) is 83.0 Å². The molecule has 0 unspecified atom stereocenters. The monoisotopic (exact) mass is 790 g/mol. The quantitative estimate of drug-likeness (QED) is 0.0592. The van der Waals surface area contributed by atoms with Crippen molar-refractivity contribution in [1.82, 2.24) is 4.90 Å². The first-order valence-corrected chi connectivity index (χ1v) is 20.4. The van der Waals surface area contributed by atoms with Gasteiger partial charge in [-0.1, -0.05) is 42.3 Å². The summed E-state index contributed by atoms with van der Waals surface area (Å²) in [4.78, 5) is 21.4. The number of carbonyl (C=O) groups is 1. The number of unbranched alkanes of at least 4 members (excludes halogenated alkanes) is 2. The summed E-state index contributed by atoms with van der Waals surface area (Å²) >= 11 is 0. The molecule has 12 nitrogen and oxygen atoms in total. The standard InChI is InChI=1S/C45H62N2O10/c1-6-8-24-54-44(51)47(19-25-53-26-22-50)41-30-39(46-52-5)37-28-33(13-9-11-20-48)36(14-10-12-21-49)42-38-29-35(56-34-16-15-31(3)32(4)27-34)17-18-40(38)57-45(41,43(37)42)55-23-7-2/h6-7,15-18,27-29,33,36,41-43,48-50H,1-2,8-14,19-26,30H2,3-5H3/t33-,36+,41-,42+,43+,45+/m0/s1. The molecule has 3 aliphatic rings. The van der Waals surface area contributed by atoms with E-state index in [1.165, 1.54) is 12.7 Å². The van der Waals surface area contributed by atoms with Crippen molar-refractivity contribution in [3.05, 3.63) is 90.0 Å². The molecule has 1 heterocycles. The van der Waals surface area contributed by atoms with Crippen molar-refractivity contribution in [1.29, 1.82) is 0 Å². The van der Waals surface area contributed by atoms with E-state index in [9.17, 15) is 20.1 Å². The smallest absolute Gasteiger partial charge is 0.410 e. The molecular formula is C45H62N2O10. The molecule has 1 aliphatic heterocycles. The third kappa shape index (κ3) is 10.3. The Hall–Kier alpha value is -4.20. The summed E-state index contributed by atoms with van der Waals surface area (Å²) in [5.41, 5.74) is 4.86. The minimum atomic E-state index is -1.44. The van der Waals surface area contributed by atoms with Gasteiger partial charge >= 0.3 is 6.09 Å². The Morgan fingerprint density at radius 2 is 1.70 bits per heavy atom. The summed E-state index contributed by atoms with van der Waals surface area (Å²) in [7, 11) is 1.52. The van der Waals surface area contributed by atoms with Gasteiger partial charge in [0.05, 0.1) is 44.7 Å². The van der Waals surface area contributed by atoms with Crippen molar-refractivity contribution >= 4 is 11.8 Å². The van der Waals surface area contributed by atoms with Crippen LogP contribution in [0.1, 0.15) is 74.0 Å². The van der Waals surface area contributed by atoms with Gasteiger partial charge in [0.25, 0.3) is 0 Å². The summed E-state index contributed by atoms with van der Waals surface area (Å²) in [6, 6.07) is 11.2. The molecule has 6 atom stereocenters. The van der Waals surface area contributed by atoms with Crippen molar-refractivity contribution in [2.24, 2.45) is 22.9 Å². The normalized spacial score (nSPS) is 24.1. The Bertz CT molecular complexity index is 1710. The van der Waals surface area contributed by atoms with Crippen LogP contribution in [0, 0.1) is 31.6 Å². The lowest BCUT2D eigenvalue weighted by atomic mass is 9.55. The fourth-order valence-electron chi connectivity index (χ4n) is 8.75. The zero-order valence-electron chi connectivity index (χ0n) is 33.9. The van der Waals surface area contributed by atoms with Gasteiger partial charge in [-0.15, -0.1) is 13.2 Å². The van der Waals surface area contributed by atoms with Gasteiger partial charge in [-0.05, 0) is 105 Å². The Labute approximate surface area is 337 Å². The van der Waals surface area contributed by atoms with E-state index in [0.717, 1.165) is 48.1 Å². The molecule has 2 aliphatic carbocycles. The summed E-state index contributed by atoms with van der Waals surface area (Å²) in [5, 5.41) is 33.8. The summed E-state index contributed by atoms with van der Waals surface area (Å²) in [6.45, 7) is 12.6. The molecule has 0 spiro atoms. The molecule has 0 saturated heterocycles. The highest BCUT2D eigenvalue weighted by Crippen LogP contribution is 2.62. The highest BCUT2D eigenvalue weighted by molar-refractivity contribution is 6.03. The molecule has 312 valence electrons. The van der Waals surface area contributed by atoms with E-state index in [4.69, 9.17) is 28.5 Å². The van der Waals surface area contributed by atoms with Gasteiger partial charge in [0.15, 0.2) is 0 Å². The zero-order valence-corrected chi connectivity index (χ0v) is 33.9. The highest BCUT2D eigenvalue weighted by atomic mass is 16.7. The molecule has 0 aromatic heterocycles. The predicted molar refractivity (Wildman–Crippen MR) is 219 cm³/mol. The van der Waals surface area contributed by atoms with Gasteiger partial charge in [-0.3, -0.25) is 4.90 Å². The van der Waals surface area contributed by atoms with Gasteiger partial charge in [-0.25, -0.2) is 4.79 Å². The minimum absolute atomic E-state index is 0.0543. The highest BCUT2D eigenvalue weighted by Gasteiger charge is 2.65. The molecule has 1 amide bonds. The molecule has 57 heavy (non-hydrogen) atoms. The molecule has 12 heteroatoms. The zero-order chi connectivity index (χ0) is 40.8. The van der Waals surface area contributed by atoms with Crippen molar-refractivity contribution in [3.8, 4) is 17.2 Å². The van der Waals surface area contributed by atoms with Crippen molar-refractivity contribution in [2.75, 3.05) is 59.9 Å². The second kappa shape index (κ2) is 21.5. The summed E-state index contributed by atoms with van der Waals surface area (Å²) in [5.74, 6) is 0.00459. The maximum atomic E-state index is 14.2. The lowest BCUT2D eigenvalue weighted by Gasteiger charge is -2.59. The Morgan fingerprint density at radius 3 is 2.40 bits per heavy atom. The third-order valence-corrected chi connectivity index (χ3v) is 11.4. The number of benzene rings is 2. The number of aryl methyl sites for hydroxylation is 2. The van der Waals surface area contributed by atoms with Crippen LogP contribution in [0.5, 0.6) is 17.2 Å². The second-order valence-corrected chi connectivity index (χ2v) is 15.0. The molecule has 1 fully saturated rings. The molecule has 2 aromatic rings. The molecule has 1 saturated carbocycles. The first kappa shape index (κ1) is 43.9. The third-order valence-electron chi connectivity index (χ3n) is 11.4. The number of fused-ring (bicyclic) bond motifs is 2. The fraction of sp³-hybridized carbons (Fsp3) is 0.556. The van der Waals surface area contributed by atoms with Gasteiger partial charge in [0, 0.05) is 37.7 Å². The molecule has 2 aromatic carbocycles. The van der Waals surface area contributed by atoms with Gasteiger partial charge in [-0.2, -0.15) is 0 Å². The van der Waals surface area contributed by atoms with Crippen molar-refractivity contribution in [3.63, 3.8) is 0 Å². The molecule has 0 bridgehead atoms. The van der Waals surface area contributed by atoms with E-state index in [0.29, 0.717) is 36.5 Å². The Kier molecular flexibility index (Phi) is 16.6. The largest absolute Gasteiger partial charge is 0.459 e. The number of ether oxygens (including phenoxy) is 5. The average Bonchev–Trinajstić information content (AvgIpc) is 3.20. The number of aliphatic hydroxyl groups excluding tert-OH is 3. The molecular weight excluding hydrogens is 728 g/mol. The Morgan fingerprint density at radius 1 is 0.947 bits per heavy atom. The van der Waals surface area contributed by atoms with E-state index >= 15 is 0 Å². The van der Waals surface area contributed by atoms with E-state index in [2.05, 4.69) is 44.3 Å². The van der Waals surface area contributed by atoms with Gasteiger partial charge in [0.1, 0.15) is 30.4 Å². The molecule has 5 rings (SSSR count). The molecule has 0 radical (unpaired) electrons. The lowest BCUT2D eigenvalue weighted by molar-refractivity contribution is -0.256. The maximum Gasteiger partial charge on any atom is 0.410 e. The first-order valence-electron chi connectivity index (χ1n) is 20.4. The number of oxime groups is 1. The van der Waals surface area contributed by atoms with Crippen molar-refractivity contribution < 1.29 is 48.6 Å². The number of rotatable bonds is 23. The number of carbonyl (C=O) groups excluding carboxylic acids is 1. The van der Waals surface area contributed by atoms with Crippen LogP contribution in [0.3, 0.4) is 0 Å². The van der Waals surface area contributed by atoms with Crippen LogP contribution in [-0.4, -0.2) is 104 Å². The first-order chi connectivity index (χ1) is 27.8. The van der Waals surface area contributed by atoms with Crippen LogP contribution < -0.4 is 9.47 Å². The van der Waals surface area contributed by atoms with E-state index in [1.54, 1.807) is 17.1 Å². The average molecular weight is 791 g/mol. The van der Waals surface area contributed by atoms with Crippen LogP contribution in [0.15, 0.2) is 78.5 Å². The minimum Gasteiger partial charge on any atom is -0.459 e. The van der Waals surface area contributed by atoms with Crippen LogP contribution in [0.4, 0.5) is 4.79 Å². The molecule has 3 N–H and O–H groups in total. The number of nitrogens with zero attached hydrogens (tertiary/aromatic N) is 2. The number of aliphatic hydroxyl groups is 3. The number of amides is 1. The van der Waals surface area contributed by atoms with Crippen LogP contribution in [-0.2, 0) is 19.0 Å². The van der Waals surface area contributed by atoms with Crippen LogP contribution >= 0.6 is 0 Å². The summed E-state index contributed by atoms with van der Waals surface area (Å²) in [6.07, 6.45) is 10.4. The second-order valence-electron chi connectivity index (χ2n) is 15.0. The van der Waals surface area contributed by atoms with Gasteiger partial charge in [0.2, 0.25) is 5.79 Å². The van der Waals surface area contributed by atoms with Crippen LogP contribution in [0.2, 0.25) is 0 Å². The maximum absolute atomic E-state index is 14.2. The topological polar surface area (TPSA) is 149 Å². The van der Waals surface area contributed by atoms with Crippen LogP contribution in [0.25, 0.3) is 0 Å². The summed E-state index contributed by atoms with van der Waals surface area (Å²) < 4.78 is 32.3. The van der Waals surface area contributed by atoms with E-state index < -0.39 is 23.8 Å². The fourth-order valence-corrected chi connectivity index (χ4v) is 8.75. The van der Waals surface area contributed by atoms with E-state index in [1.807, 2.05) is 30.3 Å². The van der Waals surface area contributed by atoms with E-state index in [-0.39, 0.29) is 77.0 Å². The number of hydrogen-bond donors (Lipinski definition) is 3.